The number of rotatable bonds is 6. The molecule has 20 heavy (non-hydrogen) atoms. The number of benzene rings is 1. The Kier molecular flexibility index (Phi) is 3.80. The maximum absolute atomic E-state index is 13.5. The Hall–Kier alpha value is -0.960. The molecule has 0 amide bonds. The molecule has 3 rings (SSSR count). The molecule has 1 N–H and O–H groups in total. The van der Waals surface area contributed by atoms with Crippen molar-refractivity contribution in [3.63, 3.8) is 0 Å². The van der Waals surface area contributed by atoms with E-state index >= 15 is 0 Å². The van der Waals surface area contributed by atoms with Crippen LogP contribution >= 0.6 is 0 Å². The largest absolute Gasteiger partial charge is 0.313 e. The maximum Gasteiger partial charge on any atom is 0.126 e. The Morgan fingerprint density at radius 3 is 2.35 bits per heavy atom. The van der Waals surface area contributed by atoms with Crippen LogP contribution in [0.1, 0.15) is 51.0 Å². The second kappa shape index (κ2) is 5.44. The predicted octanol–water partition coefficient (Wildman–Crippen LogP) is 4.16. The van der Waals surface area contributed by atoms with Gasteiger partial charge in [0.2, 0.25) is 0 Å². The van der Waals surface area contributed by atoms with Crippen LogP contribution in [-0.4, -0.2) is 12.6 Å². The minimum Gasteiger partial charge on any atom is -0.313 e. The Balaban J connectivity index is 1.77. The summed E-state index contributed by atoms with van der Waals surface area (Å²) < 4.78 is 27.0. The number of hydrogen-bond donors (Lipinski definition) is 1. The lowest BCUT2D eigenvalue weighted by Gasteiger charge is -2.49. The van der Waals surface area contributed by atoms with Gasteiger partial charge in [-0.1, -0.05) is 19.8 Å². The van der Waals surface area contributed by atoms with Gasteiger partial charge in [0.15, 0.2) is 0 Å². The molecule has 1 aromatic carbocycles. The first-order valence-corrected chi connectivity index (χ1v) is 7.81. The van der Waals surface area contributed by atoms with Crippen LogP contribution < -0.4 is 5.32 Å². The van der Waals surface area contributed by atoms with E-state index in [1.54, 1.807) is 0 Å². The van der Waals surface area contributed by atoms with Gasteiger partial charge in [-0.05, 0) is 49.3 Å². The molecule has 1 nitrogen and oxygen atoms in total. The molecule has 0 atom stereocenters. The van der Waals surface area contributed by atoms with Crippen molar-refractivity contribution in [3.05, 3.63) is 35.4 Å². The normalized spacial score (nSPS) is 29.2. The summed E-state index contributed by atoms with van der Waals surface area (Å²) in [5, 5.41) is 3.55. The summed E-state index contributed by atoms with van der Waals surface area (Å²) in [7, 11) is 0. The van der Waals surface area contributed by atoms with Crippen LogP contribution in [0.25, 0.3) is 0 Å². The van der Waals surface area contributed by atoms with Crippen molar-refractivity contribution in [1.29, 1.82) is 0 Å². The van der Waals surface area contributed by atoms with Crippen LogP contribution in [0.3, 0.4) is 0 Å². The molecule has 1 aromatic rings. The van der Waals surface area contributed by atoms with Crippen molar-refractivity contribution >= 4 is 0 Å². The van der Waals surface area contributed by atoms with Gasteiger partial charge >= 0.3 is 0 Å². The second-order valence-electron chi connectivity index (χ2n) is 6.66. The van der Waals surface area contributed by atoms with E-state index in [1.165, 1.54) is 37.8 Å². The smallest absolute Gasteiger partial charge is 0.126 e. The summed E-state index contributed by atoms with van der Waals surface area (Å²) in [4.78, 5) is 0. The molecule has 2 aliphatic carbocycles. The fraction of sp³-hybridized carbons (Fsp3) is 0.647. The van der Waals surface area contributed by atoms with E-state index < -0.39 is 11.6 Å². The van der Waals surface area contributed by atoms with Crippen molar-refractivity contribution in [2.24, 2.45) is 5.92 Å². The second-order valence-corrected chi connectivity index (χ2v) is 6.66. The quantitative estimate of drug-likeness (QED) is 0.824. The summed E-state index contributed by atoms with van der Waals surface area (Å²) in [6.07, 6.45) is 7.02. The zero-order chi connectivity index (χ0) is 14.2. The zero-order valence-electron chi connectivity index (χ0n) is 12.1. The van der Waals surface area contributed by atoms with Crippen LogP contribution in [-0.2, 0) is 5.41 Å². The Bertz CT molecular complexity index is 456. The molecule has 0 saturated heterocycles. The molecule has 0 bridgehead atoms. The molecule has 0 radical (unpaired) electrons. The molecule has 0 spiro atoms. The molecule has 0 heterocycles. The SMILES string of the molecule is CCCC1CC(CNC2CC2)(c2cc(F)cc(F)c2)C1. The van der Waals surface area contributed by atoms with Gasteiger partial charge in [-0.3, -0.25) is 0 Å². The Morgan fingerprint density at radius 2 is 1.80 bits per heavy atom. The van der Waals surface area contributed by atoms with Gasteiger partial charge in [0.05, 0.1) is 0 Å². The highest BCUT2D eigenvalue weighted by Crippen LogP contribution is 2.49. The van der Waals surface area contributed by atoms with Crippen molar-refractivity contribution in [3.8, 4) is 0 Å². The highest BCUT2D eigenvalue weighted by Gasteiger charge is 2.45. The third kappa shape index (κ3) is 2.88. The van der Waals surface area contributed by atoms with Crippen LogP contribution in [0.4, 0.5) is 8.78 Å². The highest BCUT2D eigenvalue weighted by atomic mass is 19.1. The molecule has 2 aliphatic rings. The third-order valence-corrected chi connectivity index (χ3v) is 4.84. The summed E-state index contributed by atoms with van der Waals surface area (Å²) in [5.41, 5.74) is 0.793. The standard InChI is InChI=1S/C17H23F2N/c1-2-3-12-9-17(10-12,11-20-16-4-5-16)13-6-14(18)8-15(19)7-13/h6-8,12,16,20H,2-5,9-11H2,1H3. The first-order valence-electron chi connectivity index (χ1n) is 7.81. The monoisotopic (exact) mass is 279 g/mol. The Labute approximate surface area is 119 Å². The average molecular weight is 279 g/mol. The molecule has 3 heteroatoms. The number of halogens is 2. The van der Waals surface area contributed by atoms with E-state index in [1.807, 2.05) is 0 Å². The summed E-state index contributed by atoms with van der Waals surface area (Å²) in [6.45, 7) is 3.06. The van der Waals surface area contributed by atoms with E-state index in [4.69, 9.17) is 0 Å². The van der Waals surface area contributed by atoms with Crippen LogP contribution in [0.5, 0.6) is 0 Å². The van der Waals surface area contributed by atoms with Crippen LogP contribution in [0.15, 0.2) is 18.2 Å². The molecule has 0 aromatic heterocycles. The fourth-order valence-electron chi connectivity index (χ4n) is 3.63. The lowest BCUT2D eigenvalue weighted by atomic mass is 9.57. The maximum atomic E-state index is 13.5. The van der Waals surface area contributed by atoms with Gasteiger partial charge in [-0.25, -0.2) is 8.78 Å². The topological polar surface area (TPSA) is 12.0 Å². The highest BCUT2D eigenvalue weighted by molar-refractivity contribution is 5.31. The van der Waals surface area contributed by atoms with Crippen LogP contribution in [0.2, 0.25) is 0 Å². The van der Waals surface area contributed by atoms with Crippen molar-refractivity contribution in [2.75, 3.05) is 6.54 Å². The summed E-state index contributed by atoms with van der Waals surface area (Å²) in [6, 6.07) is 4.66. The first-order chi connectivity index (χ1) is 9.61. The van der Waals surface area contributed by atoms with Crippen molar-refractivity contribution < 1.29 is 8.78 Å². The number of hydrogen-bond acceptors (Lipinski definition) is 1. The molecule has 2 fully saturated rings. The fourth-order valence-corrected chi connectivity index (χ4v) is 3.63. The van der Waals surface area contributed by atoms with Gasteiger partial charge in [0.25, 0.3) is 0 Å². The van der Waals surface area contributed by atoms with E-state index in [9.17, 15) is 8.78 Å². The summed E-state index contributed by atoms with van der Waals surface area (Å²) >= 11 is 0. The van der Waals surface area contributed by atoms with E-state index in [0.717, 1.165) is 31.0 Å². The summed E-state index contributed by atoms with van der Waals surface area (Å²) in [5.74, 6) is -0.193. The van der Waals surface area contributed by atoms with Gasteiger partial charge < -0.3 is 5.32 Å². The Morgan fingerprint density at radius 1 is 1.15 bits per heavy atom. The predicted molar refractivity (Wildman–Crippen MR) is 76.7 cm³/mol. The molecule has 2 saturated carbocycles. The first kappa shape index (κ1) is 14.0. The van der Waals surface area contributed by atoms with Crippen LogP contribution in [0, 0.1) is 17.6 Å². The van der Waals surface area contributed by atoms with Crippen molar-refractivity contribution in [2.45, 2.75) is 56.9 Å². The van der Waals surface area contributed by atoms with Crippen molar-refractivity contribution in [1.82, 2.24) is 5.32 Å². The molecular weight excluding hydrogens is 256 g/mol. The minimum atomic E-state index is -0.454. The lowest BCUT2D eigenvalue weighted by molar-refractivity contribution is 0.127. The molecule has 0 unspecified atom stereocenters. The van der Waals surface area contributed by atoms with E-state index in [2.05, 4.69) is 12.2 Å². The van der Waals surface area contributed by atoms with Gasteiger partial charge in [0.1, 0.15) is 11.6 Å². The molecular formula is C17H23F2N. The zero-order valence-corrected chi connectivity index (χ0v) is 12.1. The lowest BCUT2D eigenvalue weighted by Crippen LogP contribution is -2.49. The van der Waals surface area contributed by atoms with Gasteiger partial charge in [0, 0.05) is 24.1 Å². The molecule has 110 valence electrons. The average Bonchev–Trinajstić information content (AvgIpc) is 3.14. The van der Waals surface area contributed by atoms with E-state index in [0.29, 0.717) is 12.0 Å². The third-order valence-electron chi connectivity index (χ3n) is 4.84. The van der Waals surface area contributed by atoms with Gasteiger partial charge in [-0.15, -0.1) is 0 Å². The van der Waals surface area contributed by atoms with Gasteiger partial charge in [-0.2, -0.15) is 0 Å². The molecule has 0 aliphatic heterocycles. The number of nitrogens with one attached hydrogen (secondary N) is 1. The van der Waals surface area contributed by atoms with E-state index in [-0.39, 0.29) is 5.41 Å². The minimum absolute atomic E-state index is 0.0502.